The standard InChI is InChI=1S/C23H27N7O3/c1-33-22-5-3-2-4-16(22)21-14-25-8-11-29(21)23-17-12-20(30(31)32)19(13-18(17)26-15-27-23)28-9-6-24-7-10-28/h2-5,12-13,15,21,24-25H,6-11,14H2,1H3. The van der Waals surface area contributed by atoms with Crippen LogP contribution in [0.5, 0.6) is 5.75 Å². The fourth-order valence-corrected chi connectivity index (χ4v) is 4.78. The zero-order chi connectivity index (χ0) is 22.8. The third kappa shape index (κ3) is 4.03. The third-order valence-electron chi connectivity index (χ3n) is 6.38. The largest absolute Gasteiger partial charge is 0.496 e. The molecular formula is C23H27N7O3. The van der Waals surface area contributed by atoms with Crippen LogP contribution < -0.4 is 25.2 Å². The summed E-state index contributed by atoms with van der Waals surface area (Å²) in [4.78, 5) is 25.1. The minimum absolute atomic E-state index is 0.0279. The summed E-state index contributed by atoms with van der Waals surface area (Å²) in [6, 6.07) is 11.4. The number of nitrogens with zero attached hydrogens (tertiary/aromatic N) is 5. The SMILES string of the molecule is COc1ccccc1C1CNCCN1c1ncnc2cc(N3CCNCC3)c([N+](=O)[O-])cc12. The van der Waals surface area contributed by atoms with Crippen LogP contribution in [0.1, 0.15) is 11.6 Å². The van der Waals surface area contributed by atoms with Crippen molar-refractivity contribution in [1.29, 1.82) is 0 Å². The molecule has 0 aliphatic carbocycles. The van der Waals surface area contributed by atoms with Crippen LogP contribution in [0.3, 0.4) is 0 Å². The molecule has 0 radical (unpaired) electrons. The van der Waals surface area contributed by atoms with Gasteiger partial charge in [-0.3, -0.25) is 10.1 Å². The number of nitrogens with one attached hydrogen (secondary N) is 2. The Hall–Kier alpha value is -3.50. The first-order valence-corrected chi connectivity index (χ1v) is 11.2. The first-order chi connectivity index (χ1) is 16.2. The quantitative estimate of drug-likeness (QED) is 0.447. The molecule has 0 bridgehead atoms. The molecule has 1 aromatic heterocycles. The van der Waals surface area contributed by atoms with Crippen molar-refractivity contribution in [2.75, 3.05) is 62.7 Å². The van der Waals surface area contributed by atoms with E-state index in [0.29, 0.717) is 35.5 Å². The van der Waals surface area contributed by atoms with E-state index in [1.165, 1.54) is 0 Å². The van der Waals surface area contributed by atoms with E-state index in [9.17, 15) is 10.1 Å². The van der Waals surface area contributed by atoms with Gasteiger partial charge in [-0.05, 0) is 12.1 Å². The summed E-state index contributed by atoms with van der Waals surface area (Å²) in [5.74, 6) is 1.51. The van der Waals surface area contributed by atoms with Gasteiger partial charge in [-0.1, -0.05) is 18.2 Å². The third-order valence-corrected chi connectivity index (χ3v) is 6.38. The predicted octanol–water partition coefficient (Wildman–Crippen LogP) is 2.11. The summed E-state index contributed by atoms with van der Waals surface area (Å²) in [5.41, 5.74) is 2.45. The average Bonchev–Trinajstić information content (AvgIpc) is 2.88. The number of rotatable bonds is 5. The molecule has 2 fully saturated rings. The minimum Gasteiger partial charge on any atom is -0.496 e. The lowest BCUT2D eigenvalue weighted by atomic mass is 10.0. The molecule has 1 unspecified atom stereocenters. The maximum absolute atomic E-state index is 12.0. The van der Waals surface area contributed by atoms with Crippen molar-refractivity contribution < 1.29 is 9.66 Å². The van der Waals surface area contributed by atoms with Crippen LogP contribution in [0.15, 0.2) is 42.7 Å². The lowest BCUT2D eigenvalue weighted by molar-refractivity contribution is -0.384. The summed E-state index contributed by atoms with van der Waals surface area (Å²) >= 11 is 0. The Balaban J connectivity index is 1.62. The van der Waals surface area contributed by atoms with Crippen LogP contribution in [-0.2, 0) is 0 Å². The van der Waals surface area contributed by atoms with Gasteiger partial charge in [0.2, 0.25) is 0 Å². The predicted molar refractivity (Wildman–Crippen MR) is 127 cm³/mol. The molecule has 172 valence electrons. The van der Waals surface area contributed by atoms with Crippen LogP contribution in [-0.4, -0.2) is 67.8 Å². The molecule has 10 nitrogen and oxygen atoms in total. The second-order valence-electron chi connectivity index (χ2n) is 8.20. The summed E-state index contributed by atoms with van der Waals surface area (Å²) in [6.45, 7) is 5.25. The zero-order valence-corrected chi connectivity index (χ0v) is 18.5. The molecule has 0 spiro atoms. The van der Waals surface area contributed by atoms with E-state index in [-0.39, 0.29) is 16.7 Å². The van der Waals surface area contributed by atoms with Crippen molar-refractivity contribution in [3.8, 4) is 5.75 Å². The molecule has 0 amide bonds. The van der Waals surface area contributed by atoms with Gasteiger partial charge in [-0.15, -0.1) is 0 Å². The number of hydrogen-bond donors (Lipinski definition) is 2. The monoisotopic (exact) mass is 449 g/mol. The first-order valence-electron chi connectivity index (χ1n) is 11.2. The molecule has 2 aromatic carbocycles. The Morgan fingerprint density at radius 2 is 1.88 bits per heavy atom. The highest BCUT2D eigenvalue weighted by molar-refractivity contribution is 5.95. The molecule has 2 saturated heterocycles. The van der Waals surface area contributed by atoms with Gasteiger partial charge in [0.1, 0.15) is 23.6 Å². The van der Waals surface area contributed by atoms with Crippen molar-refractivity contribution in [3.63, 3.8) is 0 Å². The number of nitro groups is 1. The molecule has 1 atom stereocenters. The molecule has 2 aliphatic heterocycles. The van der Waals surface area contributed by atoms with Crippen molar-refractivity contribution in [3.05, 3.63) is 58.4 Å². The fraction of sp³-hybridized carbons (Fsp3) is 0.391. The number of aromatic nitrogens is 2. The molecule has 10 heteroatoms. The van der Waals surface area contributed by atoms with Crippen LogP contribution in [0, 0.1) is 10.1 Å². The molecule has 5 rings (SSSR count). The van der Waals surface area contributed by atoms with Gasteiger partial charge in [0.05, 0.1) is 23.6 Å². The summed E-state index contributed by atoms with van der Waals surface area (Å²) in [5, 5.41) is 19.5. The number of piperazine rings is 2. The van der Waals surface area contributed by atoms with Gasteiger partial charge in [-0.25, -0.2) is 9.97 Å². The number of hydrogen-bond acceptors (Lipinski definition) is 9. The van der Waals surface area contributed by atoms with E-state index in [1.54, 1.807) is 19.5 Å². The molecule has 33 heavy (non-hydrogen) atoms. The second-order valence-corrected chi connectivity index (χ2v) is 8.20. The highest BCUT2D eigenvalue weighted by atomic mass is 16.6. The van der Waals surface area contributed by atoms with Crippen molar-refractivity contribution >= 4 is 28.1 Å². The smallest absolute Gasteiger partial charge is 0.293 e. The fourth-order valence-electron chi connectivity index (χ4n) is 4.78. The van der Waals surface area contributed by atoms with E-state index < -0.39 is 0 Å². The zero-order valence-electron chi connectivity index (χ0n) is 18.5. The Morgan fingerprint density at radius 1 is 1.09 bits per heavy atom. The van der Waals surface area contributed by atoms with Crippen LogP contribution in [0.4, 0.5) is 17.2 Å². The normalized spacial score (nSPS) is 19.0. The number of anilines is 2. The van der Waals surface area contributed by atoms with Gasteiger partial charge >= 0.3 is 0 Å². The first kappa shape index (κ1) is 21.4. The number of para-hydroxylation sites is 1. The van der Waals surface area contributed by atoms with Gasteiger partial charge in [0.25, 0.3) is 5.69 Å². The van der Waals surface area contributed by atoms with Crippen molar-refractivity contribution in [1.82, 2.24) is 20.6 Å². The number of fused-ring (bicyclic) bond motifs is 1. The van der Waals surface area contributed by atoms with Crippen LogP contribution in [0.25, 0.3) is 10.9 Å². The van der Waals surface area contributed by atoms with Gasteiger partial charge < -0.3 is 25.2 Å². The maximum Gasteiger partial charge on any atom is 0.293 e. The number of ether oxygens (including phenoxy) is 1. The topological polar surface area (TPSA) is 109 Å². The van der Waals surface area contributed by atoms with Gasteiger partial charge in [-0.2, -0.15) is 0 Å². The second kappa shape index (κ2) is 9.16. The number of benzene rings is 2. The van der Waals surface area contributed by atoms with E-state index in [2.05, 4.69) is 36.5 Å². The van der Waals surface area contributed by atoms with Crippen molar-refractivity contribution in [2.45, 2.75) is 6.04 Å². The Morgan fingerprint density at radius 3 is 2.67 bits per heavy atom. The molecule has 2 aliphatic rings. The lowest BCUT2D eigenvalue weighted by Gasteiger charge is -2.38. The van der Waals surface area contributed by atoms with Gasteiger partial charge in [0.15, 0.2) is 0 Å². The summed E-state index contributed by atoms with van der Waals surface area (Å²) < 4.78 is 5.62. The van der Waals surface area contributed by atoms with Crippen LogP contribution >= 0.6 is 0 Å². The Kier molecular flexibility index (Phi) is 5.93. The molecule has 0 saturated carbocycles. The van der Waals surface area contributed by atoms with E-state index in [4.69, 9.17) is 4.74 Å². The molecule has 2 N–H and O–H groups in total. The molecular weight excluding hydrogens is 422 g/mol. The average molecular weight is 450 g/mol. The van der Waals surface area contributed by atoms with E-state index in [0.717, 1.165) is 44.0 Å². The molecule has 3 aromatic rings. The Labute approximate surface area is 191 Å². The van der Waals surface area contributed by atoms with E-state index in [1.807, 2.05) is 24.3 Å². The van der Waals surface area contributed by atoms with Gasteiger partial charge in [0, 0.05) is 62.8 Å². The maximum atomic E-state index is 12.0. The van der Waals surface area contributed by atoms with E-state index >= 15 is 0 Å². The highest BCUT2D eigenvalue weighted by Crippen LogP contribution is 2.39. The number of nitro benzene ring substituents is 1. The highest BCUT2D eigenvalue weighted by Gasteiger charge is 2.30. The number of methoxy groups -OCH3 is 1. The minimum atomic E-state index is -0.303. The Bertz CT molecular complexity index is 1170. The molecule has 3 heterocycles. The van der Waals surface area contributed by atoms with Crippen molar-refractivity contribution in [2.24, 2.45) is 0 Å². The lowest BCUT2D eigenvalue weighted by Crippen LogP contribution is -2.46. The summed E-state index contributed by atoms with van der Waals surface area (Å²) in [6.07, 6.45) is 1.55. The summed E-state index contributed by atoms with van der Waals surface area (Å²) in [7, 11) is 1.67. The van der Waals surface area contributed by atoms with Crippen LogP contribution in [0.2, 0.25) is 0 Å².